The van der Waals surface area contributed by atoms with Gasteiger partial charge in [0.25, 0.3) is 0 Å². The number of piperidine rings is 1. The summed E-state index contributed by atoms with van der Waals surface area (Å²) in [6.07, 6.45) is 8.23. The minimum Gasteiger partial charge on any atom is -0.335 e. The van der Waals surface area contributed by atoms with Gasteiger partial charge in [0.2, 0.25) is 0 Å². The highest BCUT2D eigenvalue weighted by Crippen LogP contribution is 2.40. The third kappa shape index (κ3) is 4.66. The Bertz CT molecular complexity index is 1040. The lowest BCUT2D eigenvalue weighted by molar-refractivity contribution is 0.170. The van der Waals surface area contributed by atoms with Gasteiger partial charge in [0.1, 0.15) is 0 Å². The number of urea groups is 1. The Kier molecular flexibility index (Phi) is 5.49. The van der Waals surface area contributed by atoms with Crippen LogP contribution in [0.3, 0.4) is 0 Å². The van der Waals surface area contributed by atoms with Crippen LogP contribution in [0.4, 0.5) is 4.79 Å². The number of likely N-dealkylation sites (tertiary alicyclic amines) is 1. The molecule has 1 unspecified atom stereocenters. The van der Waals surface area contributed by atoms with E-state index in [1.54, 1.807) is 0 Å². The van der Waals surface area contributed by atoms with Crippen LogP contribution in [-0.2, 0) is 13.5 Å². The summed E-state index contributed by atoms with van der Waals surface area (Å²) in [5.41, 5.74) is 5.08. The van der Waals surface area contributed by atoms with Crippen LogP contribution >= 0.6 is 0 Å². The second-order valence-electron chi connectivity index (χ2n) is 9.05. The fourth-order valence-electron chi connectivity index (χ4n) is 4.79. The van der Waals surface area contributed by atoms with Crippen molar-refractivity contribution in [1.29, 1.82) is 0 Å². The normalized spacial score (nSPS) is 21.1. The van der Waals surface area contributed by atoms with Gasteiger partial charge in [-0.2, -0.15) is 5.10 Å². The molecule has 2 aromatic carbocycles. The van der Waals surface area contributed by atoms with Crippen LogP contribution < -0.4 is 5.32 Å². The van der Waals surface area contributed by atoms with Gasteiger partial charge in [-0.05, 0) is 48.3 Å². The molecule has 1 N–H and O–H groups in total. The summed E-state index contributed by atoms with van der Waals surface area (Å²) in [5, 5.41) is 7.53. The Balaban J connectivity index is 1.11. The first-order chi connectivity index (χ1) is 15.2. The molecular formula is C26H30N4O. The first-order valence-corrected chi connectivity index (χ1v) is 11.3. The highest BCUT2D eigenvalue weighted by atomic mass is 16.2. The minimum absolute atomic E-state index is 0.112. The molecule has 1 aliphatic carbocycles. The molecule has 0 radical (unpaired) electrons. The van der Waals surface area contributed by atoms with E-state index in [1.807, 2.05) is 28.9 Å². The molecule has 0 bridgehead atoms. The maximum Gasteiger partial charge on any atom is 0.317 e. The van der Waals surface area contributed by atoms with Crippen molar-refractivity contribution in [3.63, 3.8) is 0 Å². The zero-order chi connectivity index (χ0) is 21.2. The van der Waals surface area contributed by atoms with E-state index in [-0.39, 0.29) is 6.03 Å². The van der Waals surface area contributed by atoms with Gasteiger partial charge in [0, 0.05) is 43.9 Å². The van der Waals surface area contributed by atoms with Gasteiger partial charge >= 0.3 is 6.03 Å². The molecule has 2 atom stereocenters. The Labute approximate surface area is 184 Å². The third-order valence-electron chi connectivity index (χ3n) is 6.72. The predicted molar refractivity (Wildman–Crippen MR) is 123 cm³/mol. The van der Waals surface area contributed by atoms with Crippen LogP contribution in [0.2, 0.25) is 0 Å². The zero-order valence-corrected chi connectivity index (χ0v) is 18.1. The van der Waals surface area contributed by atoms with Crippen molar-refractivity contribution < 1.29 is 4.79 Å². The molecule has 2 amide bonds. The van der Waals surface area contributed by atoms with Crippen molar-refractivity contribution in [1.82, 2.24) is 20.0 Å². The lowest BCUT2D eigenvalue weighted by atomic mass is 9.89. The first-order valence-electron chi connectivity index (χ1n) is 11.3. The van der Waals surface area contributed by atoms with E-state index in [1.165, 1.54) is 16.7 Å². The molecule has 0 spiro atoms. The van der Waals surface area contributed by atoms with E-state index in [4.69, 9.17) is 0 Å². The Hall–Kier alpha value is -3.08. The average molecular weight is 415 g/mol. The summed E-state index contributed by atoms with van der Waals surface area (Å²) in [6.45, 7) is 1.70. The number of nitrogens with one attached hydrogen (secondary N) is 1. The van der Waals surface area contributed by atoms with E-state index < -0.39 is 0 Å². The van der Waals surface area contributed by atoms with Crippen molar-refractivity contribution in [3.05, 3.63) is 78.1 Å². The topological polar surface area (TPSA) is 50.2 Å². The van der Waals surface area contributed by atoms with E-state index in [2.05, 4.69) is 65.1 Å². The van der Waals surface area contributed by atoms with Crippen LogP contribution in [0.25, 0.3) is 11.1 Å². The van der Waals surface area contributed by atoms with E-state index in [0.717, 1.165) is 44.3 Å². The Morgan fingerprint density at radius 2 is 1.87 bits per heavy atom. The maximum absolute atomic E-state index is 12.7. The molecule has 160 valence electrons. The number of aromatic nitrogens is 2. The van der Waals surface area contributed by atoms with E-state index in [9.17, 15) is 4.79 Å². The van der Waals surface area contributed by atoms with Gasteiger partial charge in [-0.1, -0.05) is 54.6 Å². The van der Waals surface area contributed by atoms with Gasteiger partial charge < -0.3 is 10.2 Å². The van der Waals surface area contributed by atoms with Crippen molar-refractivity contribution >= 4 is 6.03 Å². The number of carbonyl (C=O) groups excluding carboxylic acids is 1. The molecule has 2 aliphatic rings. The second-order valence-corrected chi connectivity index (χ2v) is 9.05. The molecule has 31 heavy (non-hydrogen) atoms. The van der Waals surface area contributed by atoms with Crippen LogP contribution in [0.5, 0.6) is 0 Å². The van der Waals surface area contributed by atoms with Gasteiger partial charge in [-0.3, -0.25) is 4.68 Å². The average Bonchev–Trinajstić information content (AvgIpc) is 3.43. The Morgan fingerprint density at radius 3 is 2.61 bits per heavy atom. The van der Waals surface area contributed by atoms with E-state index in [0.29, 0.717) is 17.9 Å². The number of aryl methyl sites for hydroxylation is 1. The number of hydrogen-bond donors (Lipinski definition) is 1. The van der Waals surface area contributed by atoms with E-state index >= 15 is 0 Å². The fraction of sp³-hybridized carbons (Fsp3) is 0.385. The first kappa shape index (κ1) is 19.9. The quantitative estimate of drug-likeness (QED) is 0.663. The number of carbonyl (C=O) groups is 1. The summed E-state index contributed by atoms with van der Waals surface area (Å²) in [6, 6.07) is 19.7. The van der Waals surface area contributed by atoms with Crippen molar-refractivity contribution in [2.75, 3.05) is 13.1 Å². The maximum atomic E-state index is 12.7. The highest BCUT2D eigenvalue weighted by molar-refractivity contribution is 5.75. The highest BCUT2D eigenvalue weighted by Gasteiger charge is 2.40. The molecule has 1 aliphatic heterocycles. The van der Waals surface area contributed by atoms with Crippen LogP contribution in [0.1, 0.15) is 36.3 Å². The smallest absolute Gasteiger partial charge is 0.317 e. The number of rotatable bonds is 5. The summed E-state index contributed by atoms with van der Waals surface area (Å²) in [4.78, 5) is 14.7. The third-order valence-corrected chi connectivity index (χ3v) is 6.72. The van der Waals surface area contributed by atoms with Crippen molar-refractivity contribution in [2.24, 2.45) is 13.0 Å². The number of hydrogen-bond acceptors (Lipinski definition) is 2. The molecule has 5 nitrogen and oxygen atoms in total. The largest absolute Gasteiger partial charge is 0.335 e. The van der Waals surface area contributed by atoms with Gasteiger partial charge in [-0.25, -0.2) is 4.79 Å². The van der Waals surface area contributed by atoms with Gasteiger partial charge in [-0.15, -0.1) is 0 Å². The molecule has 5 rings (SSSR count). The SMILES string of the molecule is Cn1cc(-c2cccc(CC3CCN(C(=O)NC4C[C@H]4c4ccccc4)CC3)c2)cn1. The summed E-state index contributed by atoms with van der Waals surface area (Å²) in [7, 11) is 1.95. The fourth-order valence-corrected chi connectivity index (χ4v) is 4.79. The molecular weight excluding hydrogens is 384 g/mol. The van der Waals surface area contributed by atoms with Gasteiger partial charge in [0.05, 0.1) is 6.20 Å². The summed E-state index contributed by atoms with van der Waals surface area (Å²) >= 11 is 0. The monoisotopic (exact) mass is 414 g/mol. The predicted octanol–water partition coefficient (Wildman–Crippen LogP) is 4.61. The van der Waals surface area contributed by atoms with Crippen molar-refractivity contribution in [2.45, 2.75) is 37.6 Å². The second kappa shape index (κ2) is 8.58. The Morgan fingerprint density at radius 1 is 1.06 bits per heavy atom. The molecule has 5 heteroatoms. The number of amides is 2. The van der Waals surface area contributed by atoms with Crippen LogP contribution in [0, 0.1) is 5.92 Å². The van der Waals surface area contributed by atoms with Crippen molar-refractivity contribution in [3.8, 4) is 11.1 Å². The van der Waals surface area contributed by atoms with Crippen LogP contribution in [0.15, 0.2) is 67.0 Å². The zero-order valence-electron chi connectivity index (χ0n) is 18.1. The summed E-state index contributed by atoms with van der Waals surface area (Å²) in [5.74, 6) is 1.11. The standard InChI is InChI=1S/C26H30N4O/c1-29-18-23(17-27-29)22-9-5-6-20(15-22)14-19-10-12-30(13-11-19)26(31)28-25-16-24(25)21-7-3-2-4-8-21/h2-9,15,17-19,24-25H,10-14,16H2,1H3,(H,28,31)/t24-,25?/m0/s1. The number of nitrogens with zero attached hydrogens (tertiary/aromatic N) is 3. The molecule has 2 fully saturated rings. The molecule has 2 heterocycles. The molecule has 1 saturated heterocycles. The number of benzene rings is 2. The molecule has 1 aromatic heterocycles. The summed E-state index contributed by atoms with van der Waals surface area (Å²) < 4.78 is 1.84. The van der Waals surface area contributed by atoms with Gasteiger partial charge in [0.15, 0.2) is 0 Å². The lowest BCUT2D eigenvalue weighted by Gasteiger charge is -2.32. The minimum atomic E-state index is 0.112. The molecule has 1 saturated carbocycles. The van der Waals surface area contributed by atoms with Crippen LogP contribution in [-0.4, -0.2) is 39.8 Å². The molecule has 3 aromatic rings. The lowest BCUT2D eigenvalue weighted by Crippen LogP contribution is -2.45.